The molecule has 2 aromatic carbocycles. The minimum Gasteiger partial charge on any atom is -0.417 e. The molecule has 2 aromatic rings. The molecule has 18 heavy (non-hydrogen) atoms. The highest BCUT2D eigenvalue weighted by molar-refractivity contribution is 6.30. The Morgan fingerprint density at radius 3 is 2.00 bits per heavy atom. The fraction of sp³-hybridized carbons (Fsp3) is 0. The standard InChI is InChI=1S/C15H9ClO2/c1-2-15(17)18-14-9-5-12(6-10-14)11-3-7-13(16)8-4-11/h1,3-10H. The van der Waals surface area contributed by atoms with Crippen molar-refractivity contribution in [1.29, 1.82) is 0 Å². The van der Waals surface area contributed by atoms with Crippen LogP contribution in [0.25, 0.3) is 11.1 Å². The Morgan fingerprint density at radius 1 is 1.00 bits per heavy atom. The topological polar surface area (TPSA) is 26.3 Å². The van der Waals surface area contributed by atoms with Crippen LogP contribution in [0.1, 0.15) is 0 Å². The Balaban J connectivity index is 2.20. The average molecular weight is 257 g/mol. The van der Waals surface area contributed by atoms with Crippen molar-refractivity contribution in [2.45, 2.75) is 0 Å². The fourth-order valence-corrected chi connectivity index (χ4v) is 1.62. The Labute approximate surface area is 110 Å². The molecule has 0 N–H and O–H groups in total. The van der Waals surface area contributed by atoms with Crippen LogP contribution in [0.4, 0.5) is 0 Å². The summed E-state index contributed by atoms with van der Waals surface area (Å²) in [7, 11) is 0. The van der Waals surface area contributed by atoms with Crippen LogP contribution in [-0.2, 0) is 4.79 Å². The molecule has 0 spiro atoms. The van der Waals surface area contributed by atoms with Crippen molar-refractivity contribution in [3.8, 4) is 29.2 Å². The number of benzene rings is 2. The second-order valence-corrected chi connectivity index (χ2v) is 4.00. The number of ether oxygens (including phenoxy) is 1. The molecule has 88 valence electrons. The zero-order chi connectivity index (χ0) is 13.0. The van der Waals surface area contributed by atoms with Gasteiger partial charge in [0.1, 0.15) is 5.75 Å². The number of esters is 1. The smallest absolute Gasteiger partial charge is 0.389 e. The molecule has 0 bridgehead atoms. The van der Waals surface area contributed by atoms with Crippen molar-refractivity contribution in [2.24, 2.45) is 0 Å². The number of terminal acetylenes is 1. The second kappa shape index (κ2) is 5.39. The quantitative estimate of drug-likeness (QED) is 0.356. The molecule has 2 rings (SSSR count). The molecule has 0 radical (unpaired) electrons. The summed E-state index contributed by atoms with van der Waals surface area (Å²) in [4.78, 5) is 10.9. The third-order valence-corrected chi connectivity index (χ3v) is 2.61. The van der Waals surface area contributed by atoms with Gasteiger partial charge < -0.3 is 4.74 Å². The summed E-state index contributed by atoms with van der Waals surface area (Å²) in [5.41, 5.74) is 2.04. The van der Waals surface area contributed by atoms with E-state index < -0.39 is 5.97 Å². The molecule has 0 aliphatic heterocycles. The van der Waals surface area contributed by atoms with Gasteiger partial charge in [-0.15, -0.1) is 6.42 Å². The summed E-state index contributed by atoms with van der Waals surface area (Å²) in [5, 5.41) is 0.693. The minimum absolute atomic E-state index is 0.427. The number of carbonyl (C=O) groups is 1. The molecule has 0 saturated carbocycles. The zero-order valence-electron chi connectivity index (χ0n) is 9.39. The van der Waals surface area contributed by atoms with Gasteiger partial charge in [-0.3, -0.25) is 0 Å². The van der Waals surface area contributed by atoms with E-state index in [1.54, 1.807) is 12.1 Å². The van der Waals surface area contributed by atoms with Crippen molar-refractivity contribution >= 4 is 17.6 Å². The van der Waals surface area contributed by atoms with Crippen LogP contribution in [-0.4, -0.2) is 5.97 Å². The lowest BCUT2D eigenvalue weighted by molar-refractivity contribution is -0.128. The molecular weight excluding hydrogens is 248 g/mol. The Hall–Kier alpha value is -2.24. The molecule has 2 nitrogen and oxygen atoms in total. The van der Waals surface area contributed by atoms with Gasteiger partial charge in [-0.05, 0) is 35.4 Å². The lowest BCUT2D eigenvalue weighted by Gasteiger charge is -2.04. The number of carbonyl (C=O) groups excluding carboxylic acids is 1. The number of hydrogen-bond donors (Lipinski definition) is 0. The van der Waals surface area contributed by atoms with E-state index in [0.29, 0.717) is 10.8 Å². The first kappa shape index (κ1) is 12.2. The maximum Gasteiger partial charge on any atom is 0.389 e. The van der Waals surface area contributed by atoms with Crippen LogP contribution >= 0.6 is 11.6 Å². The molecule has 0 heterocycles. The molecule has 0 fully saturated rings. The van der Waals surface area contributed by atoms with Crippen molar-refractivity contribution < 1.29 is 9.53 Å². The Kier molecular flexibility index (Phi) is 3.66. The lowest BCUT2D eigenvalue weighted by Crippen LogP contribution is -2.03. The summed E-state index contributed by atoms with van der Waals surface area (Å²) < 4.78 is 4.88. The van der Waals surface area contributed by atoms with Gasteiger partial charge in [-0.1, -0.05) is 35.9 Å². The highest BCUT2D eigenvalue weighted by Gasteiger charge is 2.01. The maximum atomic E-state index is 10.9. The zero-order valence-corrected chi connectivity index (χ0v) is 10.1. The molecule has 0 aromatic heterocycles. The minimum atomic E-state index is -0.700. The molecule has 0 saturated heterocycles. The molecular formula is C15H9ClO2. The predicted molar refractivity (Wildman–Crippen MR) is 71.4 cm³/mol. The highest BCUT2D eigenvalue weighted by atomic mass is 35.5. The summed E-state index contributed by atoms with van der Waals surface area (Å²) >= 11 is 5.82. The molecule has 0 atom stereocenters. The van der Waals surface area contributed by atoms with E-state index in [-0.39, 0.29) is 0 Å². The monoisotopic (exact) mass is 256 g/mol. The Morgan fingerprint density at radius 2 is 1.50 bits per heavy atom. The first-order valence-electron chi connectivity index (χ1n) is 5.23. The van der Waals surface area contributed by atoms with Crippen molar-refractivity contribution in [3.63, 3.8) is 0 Å². The van der Waals surface area contributed by atoms with E-state index in [1.807, 2.05) is 42.3 Å². The van der Waals surface area contributed by atoms with E-state index in [0.717, 1.165) is 11.1 Å². The maximum absolute atomic E-state index is 10.9. The summed E-state index contributed by atoms with van der Waals surface area (Å²) in [5.74, 6) is 1.62. The van der Waals surface area contributed by atoms with Crippen LogP contribution in [0.5, 0.6) is 5.75 Å². The van der Waals surface area contributed by atoms with Crippen LogP contribution in [0.3, 0.4) is 0 Å². The van der Waals surface area contributed by atoms with Crippen molar-refractivity contribution in [2.75, 3.05) is 0 Å². The number of rotatable bonds is 2. The highest BCUT2D eigenvalue weighted by Crippen LogP contribution is 2.23. The summed E-state index contributed by atoms with van der Waals surface area (Å²) in [6.07, 6.45) is 4.92. The van der Waals surface area contributed by atoms with E-state index >= 15 is 0 Å². The van der Waals surface area contributed by atoms with Gasteiger partial charge in [0.25, 0.3) is 0 Å². The number of halogens is 1. The van der Waals surface area contributed by atoms with Crippen LogP contribution < -0.4 is 4.74 Å². The van der Waals surface area contributed by atoms with Gasteiger partial charge in [-0.2, -0.15) is 0 Å². The first-order chi connectivity index (χ1) is 8.69. The van der Waals surface area contributed by atoms with Crippen LogP contribution in [0.15, 0.2) is 48.5 Å². The van der Waals surface area contributed by atoms with Gasteiger partial charge in [0.05, 0.1) is 0 Å². The second-order valence-electron chi connectivity index (χ2n) is 3.57. The third-order valence-electron chi connectivity index (χ3n) is 2.36. The van der Waals surface area contributed by atoms with Gasteiger partial charge in [0.15, 0.2) is 0 Å². The van der Waals surface area contributed by atoms with Crippen LogP contribution in [0, 0.1) is 12.3 Å². The summed E-state index contributed by atoms with van der Waals surface area (Å²) in [6.45, 7) is 0. The lowest BCUT2D eigenvalue weighted by atomic mass is 10.1. The SMILES string of the molecule is C#CC(=O)Oc1ccc(-c2ccc(Cl)cc2)cc1. The fourth-order valence-electron chi connectivity index (χ4n) is 1.49. The third kappa shape index (κ3) is 2.91. The first-order valence-corrected chi connectivity index (χ1v) is 5.61. The predicted octanol–water partition coefficient (Wildman–Crippen LogP) is 3.55. The molecule has 0 aliphatic carbocycles. The molecule has 0 aliphatic rings. The van der Waals surface area contributed by atoms with Gasteiger partial charge in [0.2, 0.25) is 0 Å². The summed E-state index contributed by atoms with van der Waals surface area (Å²) in [6, 6.07) is 14.6. The normalized spacial score (nSPS) is 9.56. The van der Waals surface area contributed by atoms with E-state index in [2.05, 4.69) is 0 Å². The molecule has 0 amide bonds. The van der Waals surface area contributed by atoms with Crippen molar-refractivity contribution in [1.82, 2.24) is 0 Å². The molecule has 3 heteroatoms. The largest absolute Gasteiger partial charge is 0.417 e. The van der Waals surface area contributed by atoms with E-state index in [1.165, 1.54) is 0 Å². The van der Waals surface area contributed by atoms with Gasteiger partial charge in [0, 0.05) is 10.9 Å². The average Bonchev–Trinajstić information content (AvgIpc) is 2.40. The van der Waals surface area contributed by atoms with Crippen LogP contribution in [0.2, 0.25) is 5.02 Å². The van der Waals surface area contributed by atoms with E-state index in [4.69, 9.17) is 22.8 Å². The Bertz CT molecular complexity index is 592. The molecule has 0 unspecified atom stereocenters. The van der Waals surface area contributed by atoms with Gasteiger partial charge >= 0.3 is 5.97 Å². The number of hydrogen-bond acceptors (Lipinski definition) is 2. The van der Waals surface area contributed by atoms with Crippen molar-refractivity contribution in [3.05, 3.63) is 53.6 Å². The van der Waals surface area contributed by atoms with Gasteiger partial charge in [-0.25, -0.2) is 4.79 Å². The van der Waals surface area contributed by atoms with E-state index in [9.17, 15) is 4.79 Å².